The van der Waals surface area contributed by atoms with E-state index in [1.165, 1.54) is 19.1 Å². The fourth-order valence-electron chi connectivity index (χ4n) is 0.912. The van der Waals surface area contributed by atoms with Crippen LogP contribution in [0.3, 0.4) is 0 Å². The Kier molecular flexibility index (Phi) is 2.23. The van der Waals surface area contributed by atoms with Crippen LogP contribution in [-0.4, -0.2) is 0 Å². The third-order valence-electron chi connectivity index (χ3n) is 1.50. The number of aryl methyl sites for hydroxylation is 1. The van der Waals surface area contributed by atoms with Gasteiger partial charge in [0.15, 0.2) is 0 Å². The summed E-state index contributed by atoms with van der Waals surface area (Å²) in [5.74, 6) is 0. The summed E-state index contributed by atoms with van der Waals surface area (Å²) in [6.45, 7) is 1.27. The van der Waals surface area contributed by atoms with E-state index in [4.69, 9.17) is 11.6 Å². The number of halogens is 6. The van der Waals surface area contributed by atoms with Gasteiger partial charge in [0.1, 0.15) is 0 Å². The molecular formula is C7H7ClF5NS. The standard InChI is InChI=1S/C7H7ClF5NS/c1-5-2-3-6(8)4-7(5)14-15(9,10,11,12)13/h2-4,14H,1H3. The molecule has 0 heterocycles. The van der Waals surface area contributed by atoms with Crippen LogP contribution in [0.2, 0.25) is 5.02 Å². The molecule has 88 valence electrons. The minimum absolute atomic E-state index is 0.0349. The Morgan fingerprint density at radius 3 is 2.13 bits per heavy atom. The van der Waals surface area contributed by atoms with Gasteiger partial charge in [-0.15, -0.1) is 0 Å². The van der Waals surface area contributed by atoms with E-state index in [9.17, 15) is 19.4 Å². The average Bonchev–Trinajstić information content (AvgIpc) is 1.91. The van der Waals surface area contributed by atoms with Crippen LogP contribution >= 0.6 is 22.0 Å². The maximum Gasteiger partial charge on any atom is 0.362 e. The van der Waals surface area contributed by atoms with Crippen molar-refractivity contribution in [1.82, 2.24) is 0 Å². The topological polar surface area (TPSA) is 12.0 Å². The molecule has 1 N–H and O–H groups in total. The molecule has 0 fully saturated rings. The molecule has 1 rings (SSSR count). The molecule has 1 aromatic rings. The summed E-state index contributed by atoms with van der Waals surface area (Å²) in [6, 6.07) is 3.33. The Balaban J connectivity index is 3.17. The van der Waals surface area contributed by atoms with Gasteiger partial charge in [-0.25, -0.2) is 0 Å². The third-order valence-corrected chi connectivity index (χ3v) is 2.34. The molecule has 1 nitrogen and oxygen atoms in total. The van der Waals surface area contributed by atoms with Crippen LogP contribution in [0.25, 0.3) is 0 Å². The van der Waals surface area contributed by atoms with E-state index in [2.05, 4.69) is 0 Å². The van der Waals surface area contributed by atoms with Crippen LogP contribution in [0.1, 0.15) is 5.56 Å². The minimum Gasteiger partial charge on any atom is -0.251 e. The van der Waals surface area contributed by atoms with E-state index < -0.39 is 16.1 Å². The molecule has 0 bridgehead atoms. The van der Waals surface area contributed by atoms with Gasteiger partial charge in [0.25, 0.3) is 0 Å². The zero-order chi connectivity index (χ0) is 12.0. The van der Waals surface area contributed by atoms with Gasteiger partial charge in [-0.2, -0.15) is 0 Å². The van der Waals surface area contributed by atoms with Crippen molar-refractivity contribution in [3.63, 3.8) is 0 Å². The van der Waals surface area contributed by atoms with E-state index in [-0.39, 0.29) is 10.6 Å². The Bertz CT molecular complexity index is 401. The Labute approximate surface area is 88.1 Å². The zero-order valence-electron chi connectivity index (χ0n) is 7.41. The van der Waals surface area contributed by atoms with Gasteiger partial charge in [0.2, 0.25) is 0 Å². The number of hydrogen-bond acceptors (Lipinski definition) is 1. The molecule has 0 saturated carbocycles. The molecule has 1 aromatic carbocycles. The first kappa shape index (κ1) is 12.4. The van der Waals surface area contributed by atoms with Gasteiger partial charge in [0, 0.05) is 5.02 Å². The van der Waals surface area contributed by atoms with Crippen molar-refractivity contribution in [2.24, 2.45) is 0 Å². The fraction of sp³-hybridized carbons (Fsp3) is 0.143. The molecule has 0 aliphatic rings. The van der Waals surface area contributed by atoms with Crippen molar-refractivity contribution in [2.45, 2.75) is 6.92 Å². The molecule has 0 unspecified atom stereocenters. The Morgan fingerprint density at radius 1 is 1.13 bits per heavy atom. The summed E-state index contributed by atoms with van der Waals surface area (Å²) < 4.78 is 60.6. The van der Waals surface area contributed by atoms with E-state index in [1.807, 2.05) is 0 Å². The highest BCUT2D eigenvalue weighted by molar-refractivity contribution is 8.46. The van der Waals surface area contributed by atoms with E-state index in [0.29, 0.717) is 4.72 Å². The SMILES string of the molecule is Cc1ccc(Cl)cc1NS(F)(F)(F)(F)F. The summed E-state index contributed by atoms with van der Waals surface area (Å²) in [5, 5.41) is -0.0510. The summed E-state index contributed by atoms with van der Waals surface area (Å²) in [6.07, 6.45) is 0. The molecule has 15 heavy (non-hydrogen) atoms. The van der Waals surface area contributed by atoms with Gasteiger partial charge in [-0.1, -0.05) is 37.1 Å². The first-order valence-electron chi connectivity index (χ1n) is 3.65. The van der Waals surface area contributed by atoms with Gasteiger partial charge in [0.05, 0.1) is 5.69 Å². The second-order valence-corrected chi connectivity index (χ2v) is 5.61. The molecule has 8 heteroatoms. The molecule has 0 aliphatic carbocycles. The first-order valence-corrected chi connectivity index (χ1v) is 5.98. The van der Waals surface area contributed by atoms with Crippen LogP contribution < -0.4 is 4.72 Å². The number of hydrogen-bond donors (Lipinski definition) is 1. The van der Waals surface area contributed by atoms with Gasteiger partial charge < -0.3 is 0 Å². The predicted molar refractivity (Wildman–Crippen MR) is 52.9 cm³/mol. The summed E-state index contributed by atoms with van der Waals surface area (Å²) in [5.41, 5.74) is -0.700. The second-order valence-electron chi connectivity index (χ2n) is 3.03. The molecule has 0 amide bonds. The monoisotopic (exact) mass is 267 g/mol. The highest BCUT2D eigenvalue weighted by atomic mass is 35.5. The molecule has 0 radical (unpaired) electrons. The highest BCUT2D eigenvalue weighted by Crippen LogP contribution is 2.96. The lowest BCUT2D eigenvalue weighted by Crippen LogP contribution is -2.17. The van der Waals surface area contributed by atoms with Crippen molar-refractivity contribution < 1.29 is 19.4 Å². The fourth-order valence-corrected chi connectivity index (χ4v) is 1.72. The lowest BCUT2D eigenvalue weighted by Gasteiger charge is -2.41. The molecule has 0 aliphatic heterocycles. The zero-order valence-corrected chi connectivity index (χ0v) is 8.98. The minimum atomic E-state index is -9.66. The smallest absolute Gasteiger partial charge is 0.251 e. The maximum atomic E-state index is 12.1. The quantitative estimate of drug-likeness (QED) is 0.720. The number of benzene rings is 1. The normalized spacial score (nSPS) is 16.7. The molecule has 0 aromatic heterocycles. The molecule has 0 atom stereocenters. The first-order chi connectivity index (χ1) is 6.36. The summed E-state index contributed by atoms with van der Waals surface area (Å²) >= 11 is 5.40. The van der Waals surface area contributed by atoms with Crippen molar-refractivity contribution in [3.05, 3.63) is 28.8 Å². The van der Waals surface area contributed by atoms with E-state index in [0.717, 1.165) is 6.07 Å². The van der Waals surface area contributed by atoms with Gasteiger partial charge >= 0.3 is 10.4 Å². The van der Waals surface area contributed by atoms with Crippen molar-refractivity contribution in [3.8, 4) is 0 Å². The number of nitrogens with one attached hydrogen (secondary N) is 1. The molecule has 0 saturated heterocycles. The second kappa shape index (κ2) is 2.70. The van der Waals surface area contributed by atoms with Gasteiger partial charge in [-0.05, 0) is 24.6 Å². The number of rotatable bonds is 2. The summed E-state index contributed by atoms with van der Waals surface area (Å²) in [7, 11) is -9.66. The van der Waals surface area contributed by atoms with Crippen LogP contribution in [0, 0.1) is 6.92 Å². The highest BCUT2D eigenvalue weighted by Gasteiger charge is 2.63. The van der Waals surface area contributed by atoms with Crippen LogP contribution in [0.4, 0.5) is 25.1 Å². The van der Waals surface area contributed by atoms with Crippen LogP contribution in [0.15, 0.2) is 18.2 Å². The third kappa shape index (κ3) is 4.57. The Morgan fingerprint density at radius 2 is 1.67 bits per heavy atom. The lowest BCUT2D eigenvalue weighted by atomic mass is 10.2. The lowest BCUT2D eigenvalue weighted by molar-refractivity contribution is 0.375. The summed E-state index contributed by atoms with van der Waals surface area (Å²) in [4.78, 5) is 0. The van der Waals surface area contributed by atoms with Crippen molar-refractivity contribution in [1.29, 1.82) is 0 Å². The van der Waals surface area contributed by atoms with Crippen molar-refractivity contribution in [2.75, 3.05) is 4.72 Å². The Hall–Kier alpha value is -0.690. The molecular weight excluding hydrogens is 261 g/mol. The van der Waals surface area contributed by atoms with Crippen molar-refractivity contribution >= 4 is 27.7 Å². The predicted octanol–water partition coefficient (Wildman–Crippen LogP) is 5.27. The average molecular weight is 268 g/mol. The maximum absolute atomic E-state index is 12.1. The largest absolute Gasteiger partial charge is 0.362 e. The van der Waals surface area contributed by atoms with E-state index in [1.54, 1.807) is 0 Å². The number of anilines is 1. The van der Waals surface area contributed by atoms with Crippen LogP contribution in [-0.2, 0) is 0 Å². The van der Waals surface area contributed by atoms with E-state index >= 15 is 0 Å². The van der Waals surface area contributed by atoms with Gasteiger partial charge in [-0.3, -0.25) is 4.72 Å². The molecule has 0 spiro atoms. The van der Waals surface area contributed by atoms with Crippen LogP contribution in [0.5, 0.6) is 0 Å².